The molecule has 0 radical (unpaired) electrons. The predicted molar refractivity (Wildman–Crippen MR) is 97.9 cm³/mol. The number of benzene rings is 2. The van der Waals surface area contributed by atoms with Crippen LogP contribution in [0.4, 0.5) is 4.39 Å². The molecule has 1 heterocycles. The summed E-state index contributed by atoms with van der Waals surface area (Å²) >= 11 is 0. The number of carbonyl (C=O) groups is 1. The highest BCUT2D eigenvalue weighted by Gasteiger charge is 2.38. The van der Waals surface area contributed by atoms with Crippen molar-refractivity contribution in [2.24, 2.45) is 5.10 Å². The van der Waals surface area contributed by atoms with E-state index >= 15 is 0 Å². The Hall–Kier alpha value is -2.49. The standard InChI is InChI=1S/C21H23FN2O/c1-21(2)15-19(17-11-7-12-18(22)14-17)23-24(21)20(25)13-6-10-16-8-4-3-5-9-16/h3-5,7-9,11-12,14H,6,10,13,15H2,1-2H3. The van der Waals surface area contributed by atoms with Crippen LogP contribution < -0.4 is 0 Å². The number of hydrogen-bond acceptors (Lipinski definition) is 2. The van der Waals surface area contributed by atoms with Crippen LogP contribution in [0.3, 0.4) is 0 Å². The molecule has 1 amide bonds. The van der Waals surface area contributed by atoms with E-state index in [9.17, 15) is 9.18 Å². The summed E-state index contributed by atoms with van der Waals surface area (Å²) in [7, 11) is 0. The Kier molecular flexibility index (Phi) is 4.98. The molecule has 0 bridgehead atoms. The lowest BCUT2D eigenvalue weighted by Gasteiger charge is -2.28. The SMILES string of the molecule is CC1(C)CC(c2cccc(F)c2)=NN1C(=O)CCCc1ccccc1. The van der Waals surface area contributed by atoms with Gasteiger partial charge in [0.05, 0.1) is 11.3 Å². The molecule has 25 heavy (non-hydrogen) atoms. The predicted octanol–water partition coefficient (Wildman–Crippen LogP) is 4.56. The lowest BCUT2D eigenvalue weighted by molar-refractivity contribution is -0.135. The minimum Gasteiger partial charge on any atom is -0.273 e. The Morgan fingerprint density at radius 2 is 1.92 bits per heavy atom. The molecule has 1 aliphatic rings. The van der Waals surface area contributed by atoms with Gasteiger partial charge in [-0.15, -0.1) is 0 Å². The number of hydrogen-bond donors (Lipinski definition) is 0. The van der Waals surface area contributed by atoms with Crippen molar-refractivity contribution in [3.05, 3.63) is 71.5 Å². The maximum absolute atomic E-state index is 13.5. The summed E-state index contributed by atoms with van der Waals surface area (Å²) in [6.07, 6.45) is 2.75. The first-order valence-corrected chi connectivity index (χ1v) is 8.66. The van der Waals surface area contributed by atoms with Gasteiger partial charge in [0.25, 0.3) is 0 Å². The lowest BCUT2D eigenvalue weighted by atomic mass is 9.94. The molecule has 3 nitrogen and oxygen atoms in total. The third-order valence-corrected chi connectivity index (χ3v) is 4.49. The van der Waals surface area contributed by atoms with Crippen molar-refractivity contribution >= 4 is 11.6 Å². The number of halogens is 1. The molecule has 0 saturated carbocycles. The summed E-state index contributed by atoms with van der Waals surface area (Å²) in [6, 6.07) is 16.5. The van der Waals surface area contributed by atoms with Gasteiger partial charge in [0.1, 0.15) is 5.82 Å². The molecule has 0 aliphatic carbocycles. The summed E-state index contributed by atoms with van der Waals surface area (Å²) in [5.41, 5.74) is 2.36. The van der Waals surface area contributed by atoms with E-state index in [1.54, 1.807) is 11.1 Å². The number of amides is 1. The molecule has 0 saturated heterocycles. The highest BCUT2D eigenvalue weighted by molar-refractivity contribution is 6.03. The van der Waals surface area contributed by atoms with E-state index in [-0.39, 0.29) is 17.3 Å². The normalized spacial score (nSPS) is 16.0. The van der Waals surface area contributed by atoms with Gasteiger partial charge in [-0.1, -0.05) is 42.5 Å². The molecular weight excluding hydrogens is 315 g/mol. The summed E-state index contributed by atoms with van der Waals surface area (Å²) in [5.74, 6) is -0.266. The quantitative estimate of drug-likeness (QED) is 0.786. The molecule has 0 aromatic heterocycles. The van der Waals surface area contributed by atoms with Crippen molar-refractivity contribution in [1.82, 2.24) is 5.01 Å². The molecule has 0 spiro atoms. The van der Waals surface area contributed by atoms with Crippen molar-refractivity contribution in [2.45, 2.75) is 45.1 Å². The molecule has 2 aromatic carbocycles. The number of nitrogens with zero attached hydrogens (tertiary/aromatic N) is 2. The summed E-state index contributed by atoms with van der Waals surface area (Å²) in [6.45, 7) is 4.00. The second-order valence-electron chi connectivity index (χ2n) is 7.09. The van der Waals surface area contributed by atoms with Crippen molar-refractivity contribution in [2.75, 3.05) is 0 Å². The molecule has 2 aromatic rings. The minimum absolute atomic E-state index is 0.0207. The Labute approximate surface area is 148 Å². The van der Waals surface area contributed by atoms with E-state index in [1.807, 2.05) is 38.1 Å². The Bertz CT molecular complexity index is 783. The van der Waals surface area contributed by atoms with Gasteiger partial charge < -0.3 is 0 Å². The molecule has 0 atom stereocenters. The van der Waals surface area contributed by atoms with Gasteiger partial charge >= 0.3 is 0 Å². The molecule has 130 valence electrons. The van der Waals surface area contributed by atoms with Gasteiger partial charge in [-0.2, -0.15) is 5.10 Å². The fourth-order valence-corrected chi connectivity index (χ4v) is 3.19. The van der Waals surface area contributed by atoms with Crippen LogP contribution in [0.25, 0.3) is 0 Å². The minimum atomic E-state index is -0.383. The second kappa shape index (κ2) is 7.18. The molecule has 0 unspecified atom stereocenters. The van der Waals surface area contributed by atoms with Crippen molar-refractivity contribution in [3.8, 4) is 0 Å². The summed E-state index contributed by atoms with van der Waals surface area (Å²) in [5, 5.41) is 6.09. The average molecular weight is 338 g/mol. The fourth-order valence-electron chi connectivity index (χ4n) is 3.19. The van der Waals surface area contributed by atoms with Gasteiger partial charge in [0.2, 0.25) is 5.91 Å². The highest BCUT2D eigenvalue weighted by Crippen LogP contribution is 2.30. The Morgan fingerprint density at radius 1 is 1.16 bits per heavy atom. The van der Waals surface area contributed by atoms with Crippen LogP contribution >= 0.6 is 0 Å². The van der Waals surface area contributed by atoms with Crippen LogP contribution in [-0.4, -0.2) is 22.2 Å². The monoisotopic (exact) mass is 338 g/mol. The lowest BCUT2D eigenvalue weighted by Crippen LogP contribution is -2.40. The molecule has 1 aliphatic heterocycles. The van der Waals surface area contributed by atoms with E-state index in [2.05, 4.69) is 17.2 Å². The number of hydrazone groups is 1. The number of carbonyl (C=O) groups excluding carboxylic acids is 1. The Morgan fingerprint density at radius 3 is 2.64 bits per heavy atom. The third-order valence-electron chi connectivity index (χ3n) is 4.49. The molecule has 4 heteroatoms. The van der Waals surface area contributed by atoms with Crippen LogP contribution in [0, 0.1) is 5.82 Å². The molecule has 0 fully saturated rings. The zero-order chi connectivity index (χ0) is 17.9. The van der Waals surface area contributed by atoms with Crippen LogP contribution in [0.2, 0.25) is 0 Å². The first kappa shape index (κ1) is 17.3. The number of aryl methyl sites for hydroxylation is 1. The zero-order valence-electron chi connectivity index (χ0n) is 14.7. The van der Waals surface area contributed by atoms with Crippen LogP contribution in [-0.2, 0) is 11.2 Å². The van der Waals surface area contributed by atoms with Crippen molar-refractivity contribution < 1.29 is 9.18 Å². The van der Waals surface area contributed by atoms with E-state index in [0.717, 1.165) is 24.1 Å². The topological polar surface area (TPSA) is 32.7 Å². The van der Waals surface area contributed by atoms with E-state index in [1.165, 1.54) is 17.7 Å². The number of rotatable bonds is 5. The smallest absolute Gasteiger partial charge is 0.243 e. The summed E-state index contributed by atoms with van der Waals surface area (Å²) < 4.78 is 13.5. The molecule has 0 N–H and O–H groups in total. The van der Waals surface area contributed by atoms with Crippen molar-refractivity contribution in [1.29, 1.82) is 0 Å². The van der Waals surface area contributed by atoms with Gasteiger partial charge in [-0.05, 0) is 44.4 Å². The van der Waals surface area contributed by atoms with Gasteiger partial charge in [0, 0.05) is 18.4 Å². The maximum Gasteiger partial charge on any atom is 0.243 e. The van der Waals surface area contributed by atoms with Crippen LogP contribution in [0.1, 0.15) is 44.2 Å². The second-order valence-corrected chi connectivity index (χ2v) is 7.09. The Balaban J connectivity index is 1.66. The van der Waals surface area contributed by atoms with Crippen LogP contribution in [0.15, 0.2) is 59.7 Å². The third kappa shape index (κ3) is 4.13. The van der Waals surface area contributed by atoms with Crippen molar-refractivity contribution in [3.63, 3.8) is 0 Å². The average Bonchev–Trinajstić information content (AvgIpc) is 2.91. The van der Waals surface area contributed by atoms with Gasteiger partial charge in [-0.3, -0.25) is 4.79 Å². The van der Waals surface area contributed by atoms with E-state index < -0.39 is 0 Å². The van der Waals surface area contributed by atoms with E-state index in [0.29, 0.717) is 12.8 Å². The largest absolute Gasteiger partial charge is 0.273 e. The van der Waals surface area contributed by atoms with Crippen LogP contribution in [0.5, 0.6) is 0 Å². The molecular formula is C21H23FN2O. The van der Waals surface area contributed by atoms with Gasteiger partial charge in [0.15, 0.2) is 0 Å². The highest BCUT2D eigenvalue weighted by atomic mass is 19.1. The van der Waals surface area contributed by atoms with Gasteiger partial charge in [-0.25, -0.2) is 9.40 Å². The maximum atomic E-state index is 13.5. The first-order valence-electron chi connectivity index (χ1n) is 8.66. The zero-order valence-corrected chi connectivity index (χ0v) is 14.7. The summed E-state index contributed by atoms with van der Waals surface area (Å²) in [4.78, 5) is 12.6. The first-order chi connectivity index (χ1) is 12.0. The fraction of sp³-hybridized carbons (Fsp3) is 0.333. The molecule has 3 rings (SSSR count). The van der Waals surface area contributed by atoms with E-state index in [4.69, 9.17) is 0 Å².